The fourth-order valence-electron chi connectivity index (χ4n) is 2.34. The lowest BCUT2D eigenvalue weighted by molar-refractivity contribution is -0.137. The molecule has 1 aromatic rings. The van der Waals surface area contributed by atoms with E-state index in [4.69, 9.17) is 14.6 Å². The van der Waals surface area contributed by atoms with E-state index in [-0.39, 0.29) is 6.42 Å². The number of hydrogen-bond acceptors (Lipinski definition) is 4. The lowest BCUT2D eigenvalue weighted by atomic mass is 10.1. The van der Waals surface area contributed by atoms with E-state index in [9.17, 15) is 4.79 Å². The molecule has 0 bridgehead atoms. The van der Waals surface area contributed by atoms with Gasteiger partial charge in [-0.25, -0.2) is 0 Å². The third kappa shape index (κ3) is 4.35. The second-order valence-electron chi connectivity index (χ2n) is 5.14. The Morgan fingerprint density at radius 2 is 2.00 bits per heavy atom. The number of aliphatic carboxylic acids is 1. The molecule has 2 rings (SSSR count). The average Bonchev–Trinajstić information content (AvgIpc) is 3.28. The van der Waals surface area contributed by atoms with Crippen molar-refractivity contribution >= 4 is 21.9 Å². The molecule has 116 valence electrons. The lowest BCUT2D eigenvalue weighted by Gasteiger charge is -2.23. The van der Waals surface area contributed by atoms with E-state index in [2.05, 4.69) is 20.8 Å². The fourth-order valence-corrected chi connectivity index (χ4v) is 2.82. The van der Waals surface area contributed by atoms with Crippen LogP contribution in [-0.2, 0) is 11.3 Å². The van der Waals surface area contributed by atoms with Crippen LogP contribution in [0.15, 0.2) is 16.6 Å². The maximum atomic E-state index is 10.8. The zero-order valence-corrected chi connectivity index (χ0v) is 13.9. The summed E-state index contributed by atoms with van der Waals surface area (Å²) in [4.78, 5) is 13.0. The van der Waals surface area contributed by atoms with Crippen LogP contribution in [0, 0.1) is 0 Å². The van der Waals surface area contributed by atoms with E-state index < -0.39 is 5.97 Å². The number of nitrogens with zero attached hydrogens (tertiary/aromatic N) is 1. The van der Waals surface area contributed by atoms with Gasteiger partial charge < -0.3 is 14.6 Å². The quantitative estimate of drug-likeness (QED) is 0.774. The van der Waals surface area contributed by atoms with Gasteiger partial charge in [0.25, 0.3) is 0 Å². The molecule has 0 heterocycles. The number of hydrogen-bond donors (Lipinski definition) is 1. The van der Waals surface area contributed by atoms with Gasteiger partial charge in [-0.2, -0.15) is 0 Å². The SMILES string of the molecule is COc1cc(CN(CCC(=O)O)C2CC2)c(OC)cc1Br. The van der Waals surface area contributed by atoms with Crippen molar-refractivity contribution in [3.8, 4) is 11.5 Å². The van der Waals surface area contributed by atoms with Crippen molar-refractivity contribution in [1.82, 2.24) is 4.90 Å². The number of halogens is 1. The van der Waals surface area contributed by atoms with Crippen LogP contribution in [0.1, 0.15) is 24.8 Å². The molecule has 0 saturated heterocycles. The first-order chi connectivity index (χ1) is 10.0. The molecule has 0 aliphatic heterocycles. The van der Waals surface area contributed by atoms with Crippen molar-refractivity contribution in [2.75, 3.05) is 20.8 Å². The first-order valence-electron chi connectivity index (χ1n) is 6.91. The van der Waals surface area contributed by atoms with Crippen LogP contribution in [0.3, 0.4) is 0 Å². The van der Waals surface area contributed by atoms with Crippen LogP contribution in [0.2, 0.25) is 0 Å². The summed E-state index contributed by atoms with van der Waals surface area (Å²) in [6.45, 7) is 1.23. The van der Waals surface area contributed by atoms with E-state index in [0.717, 1.165) is 34.4 Å². The Balaban J connectivity index is 2.16. The van der Waals surface area contributed by atoms with Crippen LogP contribution in [0.25, 0.3) is 0 Å². The number of carboxylic acid groups (broad SMARTS) is 1. The van der Waals surface area contributed by atoms with Crippen molar-refractivity contribution in [2.45, 2.75) is 31.8 Å². The zero-order valence-electron chi connectivity index (χ0n) is 12.3. The van der Waals surface area contributed by atoms with E-state index in [0.29, 0.717) is 19.1 Å². The topological polar surface area (TPSA) is 59.0 Å². The van der Waals surface area contributed by atoms with Gasteiger partial charge in [0.1, 0.15) is 11.5 Å². The summed E-state index contributed by atoms with van der Waals surface area (Å²) in [7, 11) is 3.26. The van der Waals surface area contributed by atoms with Crippen LogP contribution in [0.4, 0.5) is 0 Å². The lowest BCUT2D eigenvalue weighted by Crippen LogP contribution is -2.28. The minimum absolute atomic E-state index is 0.159. The molecular weight excluding hydrogens is 338 g/mol. The zero-order chi connectivity index (χ0) is 15.4. The van der Waals surface area contributed by atoms with Crippen LogP contribution < -0.4 is 9.47 Å². The normalized spacial score (nSPS) is 14.3. The standard InChI is InChI=1S/C15H20BrNO4/c1-20-13-8-12(16)14(21-2)7-10(13)9-17(11-3-4-11)6-5-15(18)19/h7-8,11H,3-6,9H2,1-2H3,(H,18,19). The van der Waals surface area contributed by atoms with Gasteiger partial charge in [0, 0.05) is 24.7 Å². The predicted molar refractivity (Wildman–Crippen MR) is 82.9 cm³/mol. The molecule has 1 aliphatic rings. The molecule has 5 nitrogen and oxygen atoms in total. The smallest absolute Gasteiger partial charge is 0.304 e. The van der Waals surface area contributed by atoms with E-state index >= 15 is 0 Å². The maximum Gasteiger partial charge on any atom is 0.304 e. The first-order valence-corrected chi connectivity index (χ1v) is 7.70. The van der Waals surface area contributed by atoms with Crippen molar-refractivity contribution in [1.29, 1.82) is 0 Å². The van der Waals surface area contributed by atoms with Crippen molar-refractivity contribution in [3.05, 3.63) is 22.2 Å². The number of carboxylic acids is 1. The Morgan fingerprint density at radius 1 is 1.33 bits per heavy atom. The highest BCUT2D eigenvalue weighted by atomic mass is 79.9. The summed E-state index contributed by atoms with van der Waals surface area (Å²) in [5.74, 6) is 0.768. The van der Waals surface area contributed by atoms with Gasteiger partial charge in [0.15, 0.2) is 0 Å². The van der Waals surface area contributed by atoms with Crippen LogP contribution in [0.5, 0.6) is 11.5 Å². The molecule has 21 heavy (non-hydrogen) atoms. The molecule has 0 spiro atoms. The third-order valence-corrected chi connectivity index (χ3v) is 4.22. The van der Waals surface area contributed by atoms with Gasteiger partial charge in [-0.3, -0.25) is 9.69 Å². The third-order valence-electron chi connectivity index (χ3n) is 3.60. The van der Waals surface area contributed by atoms with Crippen molar-refractivity contribution < 1.29 is 19.4 Å². The second-order valence-corrected chi connectivity index (χ2v) is 6.00. The van der Waals surface area contributed by atoms with Gasteiger partial charge in [0.05, 0.1) is 25.1 Å². The molecule has 0 amide bonds. The minimum atomic E-state index is -0.763. The summed E-state index contributed by atoms with van der Waals surface area (Å²) in [5, 5.41) is 8.87. The van der Waals surface area contributed by atoms with Crippen LogP contribution in [-0.4, -0.2) is 42.8 Å². The Morgan fingerprint density at radius 3 is 2.52 bits per heavy atom. The highest BCUT2D eigenvalue weighted by Gasteiger charge is 2.29. The van der Waals surface area contributed by atoms with Gasteiger partial charge in [-0.05, 0) is 40.9 Å². The summed E-state index contributed by atoms with van der Waals surface area (Å²) in [5.41, 5.74) is 1.01. The minimum Gasteiger partial charge on any atom is -0.496 e. The van der Waals surface area contributed by atoms with Crippen LogP contribution >= 0.6 is 15.9 Å². The monoisotopic (exact) mass is 357 g/mol. The van der Waals surface area contributed by atoms with E-state index in [1.54, 1.807) is 14.2 Å². The van der Waals surface area contributed by atoms with E-state index in [1.165, 1.54) is 0 Å². The van der Waals surface area contributed by atoms with Gasteiger partial charge in [-0.15, -0.1) is 0 Å². The Bertz CT molecular complexity index is 517. The van der Waals surface area contributed by atoms with Gasteiger partial charge in [0.2, 0.25) is 0 Å². The predicted octanol–water partition coefficient (Wildman–Crippen LogP) is 2.91. The molecule has 1 N–H and O–H groups in total. The Kier molecular flexibility index (Phi) is 5.47. The average molecular weight is 358 g/mol. The highest BCUT2D eigenvalue weighted by molar-refractivity contribution is 9.10. The van der Waals surface area contributed by atoms with Gasteiger partial charge in [-0.1, -0.05) is 0 Å². The molecule has 0 unspecified atom stereocenters. The Labute approximate surface area is 133 Å². The molecule has 0 radical (unpaired) electrons. The second kappa shape index (κ2) is 7.13. The summed E-state index contributed by atoms with van der Waals surface area (Å²) in [6, 6.07) is 4.32. The molecule has 0 aromatic heterocycles. The summed E-state index contributed by atoms with van der Waals surface area (Å²) >= 11 is 3.44. The Hall–Kier alpha value is -1.27. The highest BCUT2D eigenvalue weighted by Crippen LogP contribution is 2.35. The number of rotatable bonds is 8. The van der Waals surface area contributed by atoms with E-state index in [1.807, 2.05) is 12.1 Å². The molecule has 1 aliphatic carbocycles. The van der Waals surface area contributed by atoms with Crippen molar-refractivity contribution in [2.24, 2.45) is 0 Å². The number of benzene rings is 1. The molecule has 1 aromatic carbocycles. The molecule has 1 fully saturated rings. The molecule has 1 saturated carbocycles. The number of carbonyl (C=O) groups is 1. The van der Waals surface area contributed by atoms with Gasteiger partial charge >= 0.3 is 5.97 Å². The summed E-state index contributed by atoms with van der Waals surface area (Å²) < 4.78 is 11.6. The van der Waals surface area contributed by atoms with Crippen molar-refractivity contribution in [3.63, 3.8) is 0 Å². The molecule has 6 heteroatoms. The first kappa shape index (κ1) is 16.1. The fraction of sp³-hybridized carbons (Fsp3) is 0.533. The molecular formula is C15H20BrNO4. The molecule has 0 atom stereocenters. The maximum absolute atomic E-state index is 10.8. The summed E-state index contributed by atoms with van der Waals surface area (Å²) in [6.07, 6.45) is 2.43. The number of ether oxygens (including phenoxy) is 2. The largest absolute Gasteiger partial charge is 0.496 e. The number of methoxy groups -OCH3 is 2.